The smallest absolute Gasteiger partial charge is 0.321 e. The first-order valence-electron chi connectivity index (χ1n) is 9.50. The summed E-state index contributed by atoms with van der Waals surface area (Å²) in [5, 5.41) is 6.13. The van der Waals surface area contributed by atoms with Crippen molar-refractivity contribution >= 4 is 28.4 Å². The van der Waals surface area contributed by atoms with Crippen molar-refractivity contribution in [1.82, 2.24) is 15.2 Å². The zero-order chi connectivity index (χ0) is 20.1. The molecule has 1 aliphatic rings. The van der Waals surface area contributed by atoms with Crippen LogP contribution >= 0.6 is 11.3 Å². The van der Waals surface area contributed by atoms with Crippen LogP contribution in [0.3, 0.4) is 0 Å². The number of benzene rings is 1. The Morgan fingerprint density at radius 1 is 1.29 bits per heavy atom. The molecule has 3 rings (SSSR count). The van der Waals surface area contributed by atoms with Crippen LogP contribution < -0.4 is 15.4 Å². The van der Waals surface area contributed by atoms with Crippen LogP contribution in [0, 0.1) is 0 Å². The van der Waals surface area contributed by atoms with Crippen molar-refractivity contribution in [3.05, 3.63) is 40.4 Å². The van der Waals surface area contributed by atoms with E-state index in [0.717, 1.165) is 21.9 Å². The molecule has 2 N–H and O–H groups in total. The molecule has 0 radical (unpaired) electrons. The predicted molar refractivity (Wildman–Crippen MR) is 110 cm³/mol. The lowest BCUT2D eigenvalue weighted by atomic mass is 10.1. The van der Waals surface area contributed by atoms with Gasteiger partial charge in [-0.15, -0.1) is 0 Å². The Labute approximate surface area is 169 Å². The van der Waals surface area contributed by atoms with E-state index in [1.165, 1.54) is 11.3 Å². The molecule has 2 aromatic rings. The molecule has 3 amide bonds. The summed E-state index contributed by atoms with van der Waals surface area (Å²) in [7, 11) is 0. The van der Waals surface area contributed by atoms with Crippen molar-refractivity contribution in [1.29, 1.82) is 0 Å². The van der Waals surface area contributed by atoms with Crippen LogP contribution in [0.2, 0.25) is 0 Å². The van der Waals surface area contributed by atoms with Crippen molar-refractivity contribution in [2.24, 2.45) is 0 Å². The number of amides is 3. The average molecular weight is 403 g/mol. The van der Waals surface area contributed by atoms with Gasteiger partial charge in [-0.2, -0.15) is 0 Å². The lowest BCUT2D eigenvalue weighted by molar-refractivity contribution is -0.131. The van der Waals surface area contributed by atoms with E-state index in [-0.39, 0.29) is 18.0 Å². The van der Waals surface area contributed by atoms with Gasteiger partial charge in [0.15, 0.2) is 5.13 Å². The molecule has 1 aromatic carbocycles. The van der Waals surface area contributed by atoms with Crippen molar-refractivity contribution in [2.75, 3.05) is 18.5 Å². The summed E-state index contributed by atoms with van der Waals surface area (Å²) < 4.78 is 5.44. The van der Waals surface area contributed by atoms with Gasteiger partial charge < -0.3 is 15.0 Å². The van der Waals surface area contributed by atoms with E-state index in [1.807, 2.05) is 49.9 Å². The Kier molecular flexibility index (Phi) is 6.51. The first kappa shape index (κ1) is 20.1. The largest absolute Gasteiger partial charge is 0.494 e. The summed E-state index contributed by atoms with van der Waals surface area (Å²) >= 11 is 1.43. The van der Waals surface area contributed by atoms with Crippen LogP contribution in [-0.4, -0.2) is 41.0 Å². The van der Waals surface area contributed by atoms with E-state index < -0.39 is 0 Å². The topological polar surface area (TPSA) is 83.6 Å². The highest BCUT2D eigenvalue weighted by Crippen LogP contribution is 2.28. The minimum Gasteiger partial charge on any atom is -0.494 e. The quantitative estimate of drug-likeness (QED) is 0.777. The molecule has 28 heavy (non-hydrogen) atoms. The Morgan fingerprint density at radius 2 is 2.04 bits per heavy atom. The second kappa shape index (κ2) is 9.05. The Bertz CT molecular complexity index is 832. The number of carbonyl (C=O) groups excluding carboxylic acids is 2. The highest BCUT2D eigenvalue weighted by molar-refractivity contribution is 7.15. The predicted octanol–water partition coefficient (Wildman–Crippen LogP) is 3.20. The van der Waals surface area contributed by atoms with Gasteiger partial charge in [0.25, 0.3) is 0 Å². The van der Waals surface area contributed by atoms with E-state index in [1.54, 1.807) is 0 Å². The fourth-order valence-corrected chi connectivity index (χ4v) is 4.03. The molecule has 0 unspecified atom stereocenters. The number of fused-ring (bicyclic) bond motifs is 1. The van der Waals surface area contributed by atoms with Gasteiger partial charge in [-0.1, -0.05) is 23.5 Å². The van der Waals surface area contributed by atoms with E-state index >= 15 is 0 Å². The van der Waals surface area contributed by atoms with Gasteiger partial charge in [-0.25, -0.2) is 9.78 Å². The van der Waals surface area contributed by atoms with Crippen LogP contribution in [-0.2, 0) is 24.2 Å². The average Bonchev–Trinajstić information content (AvgIpc) is 3.04. The first-order chi connectivity index (χ1) is 13.4. The molecule has 0 atom stereocenters. The summed E-state index contributed by atoms with van der Waals surface area (Å²) in [6, 6.07) is 7.45. The number of urea groups is 1. The Balaban J connectivity index is 1.58. The zero-order valence-corrected chi connectivity index (χ0v) is 17.3. The minimum atomic E-state index is -0.260. The second-order valence-corrected chi connectivity index (χ2v) is 8.04. The number of nitrogens with one attached hydrogen (secondary N) is 2. The van der Waals surface area contributed by atoms with Crippen LogP contribution in [0.5, 0.6) is 5.75 Å². The summed E-state index contributed by atoms with van der Waals surface area (Å²) in [5.41, 5.74) is 1.94. The fraction of sp³-hybridized carbons (Fsp3) is 0.450. The summed E-state index contributed by atoms with van der Waals surface area (Å²) in [6.45, 7) is 7.56. The molecule has 2 heterocycles. The molecule has 7 nitrogen and oxygen atoms in total. The summed E-state index contributed by atoms with van der Waals surface area (Å²) in [6.07, 6.45) is 1.07. The third kappa shape index (κ3) is 5.22. The maximum atomic E-state index is 12.7. The number of hydrogen-bond acceptors (Lipinski definition) is 5. The number of anilines is 1. The fourth-order valence-electron chi connectivity index (χ4n) is 3.01. The normalized spacial score (nSPS) is 13.2. The van der Waals surface area contributed by atoms with Crippen molar-refractivity contribution in [3.8, 4) is 5.75 Å². The molecule has 150 valence electrons. The molecule has 8 heteroatoms. The minimum absolute atomic E-state index is 0.0605. The number of ether oxygens (including phenoxy) is 1. The number of aromatic nitrogens is 1. The molecule has 0 bridgehead atoms. The molecule has 0 saturated carbocycles. The molecule has 0 spiro atoms. The first-order valence-corrected chi connectivity index (χ1v) is 10.3. The molecule has 1 aromatic heterocycles. The van der Waals surface area contributed by atoms with Gasteiger partial charge in [0.05, 0.1) is 25.3 Å². The van der Waals surface area contributed by atoms with Crippen LogP contribution in [0.15, 0.2) is 24.3 Å². The molecule has 1 aliphatic heterocycles. The number of rotatable bonds is 6. The van der Waals surface area contributed by atoms with Crippen molar-refractivity contribution in [2.45, 2.75) is 46.2 Å². The van der Waals surface area contributed by atoms with Gasteiger partial charge in [0.2, 0.25) is 5.91 Å². The van der Waals surface area contributed by atoms with Crippen LogP contribution in [0.4, 0.5) is 9.93 Å². The molecule has 0 saturated heterocycles. The van der Waals surface area contributed by atoms with Gasteiger partial charge in [-0.05, 0) is 38.5 Å². The Morgan fingerprint density at radius 3 is 2.71 bits per heavy atom. The third-order valence-corrected chi connectivity index (χ3v) is 5.31. The van der Waals surface area contributed by atoms with Gasteiger partial charge in [0.1, 0.15) is 5.75 Å². The van der Waals surface area contributed by atoms with Gasteiger partial charge >= 0.3 is 6.03 Å². The van der Waals surface area contributed by atoms with E-state index in [9.17, 15) is 9.59 Å². The SMILES string of the molecule is CCOc1ccc(CC(=O)N2CCc3nc(NC(=O)NC(C)C)sc3C2)cc1. The maximum Gasteiger partial charge on any atom is 0.321 e. The van der Waals surface area contributed by atoms with Crippen LogP contribution in [0.1, 0.15) is 36.9 Å². The number of nitrogens with zero attached hydrogens (tertiary/aromatic N) is 2. The Hall–Kier alpha value is -2.61. The second-order valence-electron chi connectivity index (χ2n) is 6.96. The highest BCUT2D eigenvalue weighted by atomic mass is 32.1. The van der Waals surface area contributed by atoms with E-state index in [2.05, 4.69) is 15.6 Å². The highest BCUT2D eigenvalue weighted by Gasteiger charge is 2.24. The summed E-state index contributed by atoms with van der Waals surface area (Å²) in [5.74, 6) is 0.905. The van der Waals surface area contributed by atoms with Crippen molar-refractivity contribution in [3.63, 3.8) is 0 Å². The monoisotopic (exact) mass is 402 g/mol. The number of thiazole rings is 1. The van der Waals surface area contributed by atoms with Crippen molar-refractivity contribution < 1.29 is 14.3 Å². The number of hydrogen-bond donors (Lipinski definition) is 2. The van der Waals surface area contributed by atoms with Gasteiger partial charge in [-0.3, -0.25) is 10.1 Å². The maximum absolute atomic E-state index is 12.7. The van der Waals surface area contributed by atoms with E-state index in [4.69, 9.17) is 4.74 Å². The molecule has 0 aliphatic carbocycles. The van der Waals surface area contributed by atoms with Gasteiger partial charge in [0, 0.05) is 23.9 Å². The lowest BCUT2D eigenvalue weighted by Gasteiger charge is -2.26. The lowest BCUT2D eigenvalue weighted by Crippen LogP contribution is -2.36. The summed E-state index contributed by atoms with van der Waals surface area (Å²) in [4.78, 5) is 31.9. The van der Waals surface area contributed by atoms with Crippen LogP contribution in [0.25, 0.3) is 0 Å². The molecular weight excluding hydrogens is 376 g/mol. The number of carbonyl (C=O) groups is 2. The molecule has 0 fully saturated rings. The standard InChI is InChI=1S/C20H26N4O3S/c1-4-27-15-7-5-14(6-8-15)11-18(25)24-10-9-16-17(12-24)28-20(22-16)23-19(26)21-13(2)3/h5-8,13H,4,9-12H2,1-3H3,(H2,21,22,23,26). The van der Waals surface area contributed by atoms with E-state index in [0.29, 0.717) is 37.7 Å². The third-order valence-electron chi connectivity index (χ3n) is 4.31. The molecular formula is C20H26N4O3S. The zero-order valence-electron chi connectivity index (χ0n) is 16.4.